The third-order valence-electron chi connectivity index (χ3n) is 5.03. The lowest BCUT2D eigenvalue weighted by Crippen LogP contribution is -2.40. The number of hydrogen-bond acceptors (Lipinski definition) is 7. The Morgan fingerprint density at radius 3 is 2.40 bits per heavy atom. The summed E-state index contributed by atoms with van der Waals surface area (Å²) in [6.45, 7) is 5.91. The maximum absolute atomic E-state index is 12.9. The van der Waals surface area contributed by atoms with E-state index < -0.39 is 40.5 Å². The van der Waals surface area contributed by atoms with Crippen LogP contribution >= 0.6 is 0 Å². The molecule has 0 radical (unpaired) electrons. The van der Waals surface area contributed by atoms with Gasteiger partial charge in [0, 0.05) is 0 Å². The van der Waals surface area contributed by atoms with Crippen molar-refractivity contribution in [3.05, 3.63) is 65.7 Å². The lowest BCUT2D eigenvalue weighted by atomic mass is 10.1. The van der Waals surface area contributed by atoms with E-state index in [2.05, 4.69) is 0 Å². The van der Waals surface area contributed by atoms with Gasteiger partial charge in [0.1, 0.15) is 18.3 Å². The van der Waals surface area contributed by atoms with Gasteiger partial charge >= 0.3 is 0 Å². The van der Waals surface area contributed by atoms with Crippen LogP contribution in [-0.2, 0) is 39.9 Å². The first kappa shape index (κ1) is 21.4. The zero-order valence-corrected chi connectivity index (χ0v) is 18.0. The molecule has 30 heavy (non-hydrogen) atoms. The maximum Gasteiger partial charge on any atom is 0.297 e. The monoisotopic (exact) mass is 434 g/mol. The highest BCUT2D eigenvalue weighted by Crippen LogP contribution is 2.40. The van der Waals surface area contributed by atoms with Crippen molar-refractivity contribution in [1.82, 2.24) is 0 Å². The Hall–Kier alpha value is -1.81. The van der Waals surface area contributed by atoms with Crippen LogP contribution in [0.3, 0.4) is 0 Å². The Morgan fingerprint density at radius 2 is 1.70 bits per heavy atom. The van der Waals surface area contributed by atoms with Crippen molar-refractivity contribution in [3.63, 3.8) is 0 Å². The van der Waals surface area contributed by atoms with E-state index in [9.17, 15) is 8.42 Å². The molecule has 7 nitrogen and oxygen atoms in total. The Labute approximate surface area is 177 Å². The lowest BCUT2D eigenvalue weighted by molar-refractivity contribution is -0.218. The standard InChI is InChI=1S/C22H26O7S/c1-15-9-11-17(12-10-15)30(23,24)29-19-18(14-25-13-16-7-5-4-6-8-16)26-21-20(19)27-22(2,3)28-21/h4-12,18-21H,13-14H2,1-3H3/t18-,19+,20-,21-/m1/s1. The summed E-state index contributed by atoms with van der Waals surface area (Å²) in [5, 5.41) is 0. The summed E-state index contributed by atoms with van der Waals surface area (Å²) in [6.07, 6.45) is -2.94. The highest BCUT2D eigenvalue weighted by Gasteiger charge is 2.56. The molecular formula is C22H26O7S. The minimum absolute atomic E-state index is 0.0821. The van der Waals surface area contributed by atoms with Gasteiger partial charge in [-0.2, -0.15) is 8.42 Å². The average Bonchev–Trinajstić information content (AvgIpc) is 3.15. The molecule has 2 aromatic rings. The molecule has 4 atom stereocenters. The molecular weight excluding hydrogens is 408 g/mol. The van der Waals surface area contributed by atoms with E-state index in [0.29, 0.717) is 6.61 Å². The van der Waals surface area contributed by atoms with Gasteiger partial charge in [0.2, 0.25) is 0 Å². The van der Waals surface area contributed by atoms with Gasteiger partial charge in [-0.3, -0.25) is 4.18 Å². The van der Waals surface area contributed by atoms with Crippen LogP contribution in [0.15, 0.2) is 59.5 Å². The average molecular weight is 435 g/mol. The van der Waals surface area contributed by atoms with Gasteiger partial charge < -0.3 is 18.9 Å². The first-order chi connectivity index (χ1) is 14.2. The smallest absolute Gasteiger partial charge is 0.297 e. The molecule has 2 aromatic carbocycles. The Kier molecular flexibility index (Phi) is 5.98. The van der Waals surface area contributed by atoms with Crippen LogP contribution in [0.25, 0.3) is 0 Å². The number of aryl methyl sites for hydroxylation is 1. The van der Waals surface area contributed by atoms with E-state index in [4.69, 9.17) is 23.1 Å². The minimum Gasteiger partial charge on any atom is -0.374 e. The molecule has 0 aromatic heterocycles. The van der Waals surface area contributed by atoms with E-state index in [1.165, 1.54) is 12.1 Å². The second-order valence-electron chi connectivity index (χ2n) is 7.97. The van der Waals surface area contributed by atoms with Gasteiger partial charge in [0.05, 0.1) is 18.1 Å². The van der Waals surface area contributed by atoms with Crippen molar-refractivity contribution in [2.24, 2.45) is 0 Å². The van der Waals surface area contributed by atoms with Gasteiger partial charge in [-0.25, -0.2) is 0 Å². The Bertz CT molecular complexity index is 957. The van der Waals surface area contributed by atoms with Crippen molar-refractivity contribution < 1.29 is 31.5 Å². The summed E-state index contributed by atoms with van der Waals surface area (Å²) in [5.74, 6) is -0.888. The van der Waals surface area contributed by atoms with Gasteiger partial charge in [0.15, 0.2) is 12.1 Å². The molecule has 0 bridgehead atoms. The van der Waals surface area contributed by atoms with Crippen LogP contribution in [0, 0.1) is 6.92 Å². The molecule has 0 N–H and O–H groups in total. The molecule has 8 heteroatoms. The largest absolute Gasteiger partial charge is 0.374 e. The maximum atomic E-state index is 12.9. The minimum atomic E-state index is -4.02. The predicted molar refractivity (Wildman–Crippen MR) is 108 cm³/mol. The van der Waals surface area contributed by atoms with Crippen LogP contribution in [-0.4, -0.2) is 45.4 Å². The fraction of sp³-hybridized carbons (Fsp3) is 0.455. The molecule has 0 amide bonds. The van der Waals surface area contributed by atoms with Gasteiger partial charge in [-0.05, 0) is 38.5 Å². The SMILES string of the molecule is Cc1ccc(S(=O)(=O)O[C@@H]2[C@H]3OC(C)(C)O[C@H]3O[C@@H]2COCc2ccccc2)cc1. The van der Waals surface area contributed by atoms with E-state index in [0.717, 1.165) is 11.1 Å². The van der Waals surface area contributed by atoms with Crippen molar-refractivity contribution in [2.45, 2.75) is 62.7 Å². The van der Waals surface area contributed by atoms with E-state index in [1.54, 1.807) is 26.0 Å². The van der Waals surface area contributed by atoms with E-state index >= 15 is 0 Å². The number of rotatable bonds is 7. The van der Waals surface area contributed by atoms with Gasteiger partial charge in [-0.1, -0.05) is 48.0 Å². The summed E-state index contributed by atoms with van der Waals surface area (Å²) >= 11 is 0. The second-order valence-corrected chi connectivity index (χ2v) is 9.54. The summed E-state index contributed by atoms with van der Waals surface area (Å²) in [4.78, 5) is 0.0821. The molecule has 2 aliphatic heterocycles. The van der Waals surface area contributed by atoms with Crippen LogP contribution in [0.4, 0.5) is 0 Å². The number of benzene rings is 2. The third-order valence-corrected chi connectivity index (χ3v) is 6.35. The molecule has 0 aliphatic carbocycles. The first-order valence-electron chi connectivity index (χ1n) is 9.86. The number of hydrogen-bond donors (Lipinski definition) is 0. The molecule has 2 saturated heterocycles. The third kappa shape index (κ3) is 4.74. The molecule has 162 valence electrons. The molecule has 0 spiro atoms. The molecule has 2 heterocycles. The van der Waals surface area contributed by atoms with E-state index in [1.807, 2.05) is 37.3 Å². The van der Waals surface area contributed by atoms with Gasteiger partial charge in [0.25, 0.3) is 10.1 Å². The van der Waals surface area contributed by atoms with Gasteiger partial charge in [-0.15, -0.1) is 0 Å². The second kappa shape index (κ2) is 8.37. The van der Waals surface area contributed by atoms with Crippen molar-refractivity contribution in [1.29, 1.82) is 0 Å². The van der Waals surface area contributed by atoms with Crippen molar-refractivity contribution in [2.75, 3.05) is 6.61 Å². The Morgan fingerprint density at radius 1 is 1.00 bits per heavy atom. The van der Waals surface area contributed by atoms with Crippen LogP contribution in [0.2, 0.25) is 0 Å². The molecule has 2 fully saturated rings. The highest BCUT2D eigenvalue weighted by molar-refractivity contribution is 7.86. The zero-order chi connectivity index (χ0) is 21.4. The molecule has 2 aliphatic rings. The van der Waals surface area contributed by atoms with Crippen LogP contribution in [0.5, 0.6) is 0 Å². The quantitative estimate of drug-likeness (QED) is 0.619. The topological polar surface area (TPSA) is 80.3 Å². The van der Waals surface area contributed by atoms with Crippen LogP contribution in [0.1, 0.15) is 25.0 Å². The molecule has 0 unspecified atom stereocenters. The molecule has 4 rings (SSSR count). The van der Waals surface area contributed by atoms with E-state index in [-0.39, 0.29) is 11.5 Å². The van der Waals surface area contributed by atoms with Crippen LogP contribution < -0.4 is 0 Å². The first-order valence-corrected chi connectivity index (χ1v) is 11.3. The summed E-state index contributed by atoms with van der Waals surface area (Å²) in [5.41, 5.74) is 1.97. The lowest BCUT2D eigenvalue weighted by Gasteiger charge is -2.25. The van der Waals surface area contributed by atoms with Crippen molar-refractivity contribution in [3.8, 4) is 0 Å². The normalized spacial score (nSPS) is 27.8. The zero-order valence-electron chi connectivity index (χ0n) is 17.2. The molecule has 0 saturated carbocycles. The fourth-order valence-electron chi connectivity index (χ4n) is 3.57. The number of fused-ring (bicyclic) bond motifs is 1. The Balaban J connectivity index is 1.49. The summed E-state index contributed by atoms with van der Waals surface area (Å²) in [7, 11) is -4.02. The fourth-order valence-corrected chi connectivity index (χ4v) is 4.68. The summed E-state index contributed by atoms with van der Waals surface area (Å²) in [6, 6.07) is 16.2. The van der Waals surface area contributed by atoms with Crippen molar-refractivity contribution >= 4 is 10.1 Å². The predicted octanol–water partition coefficient (Wildman–Crippen LogP) is 3.16. The summed E-state index contributed by atoms with van der Waals surface area (Å²) < 4.78 is 54.7. The number of ether oxygens (including phenoxy) is 4. The highest BCUT2D eigenvalue weighted by atomic mass is 32.2.